The highest BCUT2D eigenvalue weighted by molar-refractivity contribution is 6.30. The highest BCUT2D eigenvalue weighted by Gasteiger charge is 2.15. The Morgan fingerprint density at radius 1 is 1.58 bits per heavy atom. The quantitative estimate of drug-likeness (QED) is 0.728. The topological polar surface area (TPSA) is 84.6 Å². The van der Waals surface area contributed by atoms with Crippen LogP contribution in [0.1, 0.15) is 11.7 Å². The van der Waals surface area contributed by atoms with E-state index >= 15 is 0 Å². The first-order chi connectivity index (χ1) is 8.54. The Labute approximate surface area is 123 Å². The normalized spacial score (nSPS) is 13.3. The lowest BCUT2D eigenvalue weighted by Crippen LogP contribution is -2.44. The summed E-state index contributed by atoms with van der Waals surface area (Å²) in [6, 6.07) is 6.09. The lowest BCUT2D eigenvalue weighted by Gasteiger charge is -2.15. The molecule has 0 saturated heterocycles. The summed E-state index contributed by atoms with van der Waals surface area (Å²) in [7, 11) is 1.47. The van der Waals surface area contributed by atoms with E-state index in [9.17, 15) is 9.90 Å². The lowest BCUT2D eigenvalue weighted by molar-refractivity contribution is -0.123. The van der Waals surface area contributed by atoms with E-state index in [1.807, 2.05) is 0 Å². The maximum atomic E-state index is 11.5. The molecule has 108 valence electrons. The molecule has 0 aliphatic heterocycles. The summed E-state index contributed by atoms with van der Waals surface area (Å²) in [6.07, 6.45) is -0.817. The Bertz CT molecular complexity index is 404. The monoisotopic (exact) mass is 308 g/mol. The van der Waals surface area contributed by atoms with Gasteiger partial charge in [-0.15, -0.1) is 12.4 Å². The lowest BCUT2D eigenvalue weighted by atomic mass is 10.1. The number of amides is 1. The van der Waals surface area contributed by atoms with Crippen molar-refractivity contribution < 1.29 is 14.6 Å². The molecule has 0 radical (unpaired) electrons. The number of rotatable bonds is 6. The molecule has 19 heavy (non-hydrogen) atoms. The van der Waals surface area contributed by atoms with Gasteiger partial charge in [0, 0.05) is 18.7 Å². The molecular formula is C12H18Cl2N2O3. The maximum absolute atomic E-state index is 11.5. The van der Waals surface area contributed by atoms with E-state index in [1.54, 1.807) is 24.3 Å². The standard InChI is InChI=1S/C12H17ClN2O3.ClH/c1-18-7-10(14)12(17)15-6-11(16)8-3-2-4-9(13)5-8;/h2-5,10-11,16H,6-7,14H2,1H3,(H,15,17);1H. The molecule has 1 aromatic rings. The summed E-state index contributed by atoms with van der Waals surface area (Å²) in [5.41, 5.74) is 6.18. The molecule has 4 N–H and O–H groups in total. The van der Waals surface area contributed by atoms with E-state index in [1.165, 1.54) is 7.11 Å². The third-order valence-corrected chi connectivity index (χ3v) is 2.62. The van der Waals surface area contributed by atoms with Crippen molar-refractivity contribution >= 4 is 29.9 Å². The van der Waals surface area contributed by atoms with Crippen molar-refractivity contribution in [3.8, 4) is 0 Å². The molecule has 2 unspecified atom stereocenters. The van der Waals surface area contributed by atoms with Crippen LogP contribution in [0.25, 0.3) is 0 Å². The minimum absolute atomic E-state index is 0. The summed E-state index contributed by atoms with van der Waals surface area (Å²) in [5, 5.41) is 12.9. The van der Waals surface area contributed by atoms with Crippen LogP contribution in [0.15, 0.2) is 24.3 Å². The third kappa shape index (κ3) is 6.22. The first kappa shape index (κ1) is 18.1. The molecule has 0 fully saturated rings. The molecule has 0 aromatic heterocycles. The molecule has 1 amide bonds. The summed E-state index contributed by atoms with van der Waals surface area (Å²) in [4.78, 5) is 11.5. The predicted molar refractivity (Wildman–Crippen MR) is 76.5 cm³/mol. The van der Waals surface area contributed by atoms with Crippen molar-refractivity contribution in [1.29, 1.82) is 0 Å². The number of nitrogens with two attached hydrogens (primary N) is 1. The second kappa shape index (κ2) is 9.12. The van der Waals surface area contributed by atoms with Crippen LogP contribution >= 0.6 is 24.0 Å². The number of aliphatic hydroxyl groups is 1. The first-order valence-electron chi connectivity index (χ1n) is 5.50. The molecule has 1 rings (SSSR count). The van der Waals surface area contributed by atoms with Crippen molar-refractivity contribution in [1.82, 2.24) is 5.32 Å². The SMILES string of the molecule is COCC(N)C(=O)NCC(O)c1cccc(Cl)c1.Cl. The van der Waals surface area contributed by atoms with Gasteiger partial charge in [-0.1, -0.05) is 23.7 Å². The highest BCUT2D eigenvalue weighted by atomic mass is 35.5. The number of hydrogen-bond acceptors (Lipinski definition) is 4. The van der Waals surface area contributed by atoms with Crippen molar-refractivity contribution in [2.75, 3.05) is 20.3 Å². The minimum atomic E-state index is -0.817. The van der Waals surface area contributed by atoms with Gasteiger partial charge in [-0.2, -0.15) is 0 Å². The van der Waals surface area contributed by atoms with Crippen LogP contribution < -0.4 is 11.1 Å². The second-order valence-corrected chi connectivity index (χ2v) is 4.31. The number of benzene rings is 1. The van der Waals surface area contributed by atoms with Gasteiger partial charge >= 0.3 is 0 Å². The number of nitrogens with one attached hydrogen (secondary N) is 1. The van der Waals surface area contributed by atoms with Crippen LogP contribution in [-0.4, -0.2) is 37.3 Å². The van der Waals surface area contributed by atoms with Gasteiger partial charge in [0.1, 0.15) is 6.04 Å². The van der Waals surface area contributed by atoms with Gasteiger partial charge in [0.2, 0.25) is 5.91 Å². The predicted octanol–water partition coefficient (Wildman–Crippen LogP) is 0.885. The molecule has 0 heterocycles. The first-order valence-corrected chi connectivity index (χ1v) is 5.88. The van der Waals surface area contributed by atoms with Crippen LogP contribution in [-0.2, 0) is 9.53 Å². The van der Waals surface area contributed by atoms with Crippen LogP contribution in [0.2, 0.25) is 5.02 Å². The maximum Gasteiger partial charge on any atom is 0.239 e. The second-order valence-electron chi connectivity index (χ2n) is 3.88. The van der Waals surface area contributed by atoms with Crippen molar-refractivity contribution in [2.45, 2.75) is 12.1 Å². The van der Waals surface area contributed by atoms with Gasteiger partial charge in [-0.25, -0.2) is 0 Å². The smallest absolute Gasteiger partial charge is 0.239 e. The Morgan fingerprint density at radius 2 is 2.26 bits per heavy atom. The van der Waals surface area contributed by atoms with E-state index in [0.29, 0.717) is 10.6 Å². The van der Waals surface area contributed by atoms with Crippen molar-refractivity contribution in [3.63, 3.8) is 0 Å². The summed E-state index contributed by atoms with van der Waals surface area (Å²) < 4.78 is 4.77. The van der Waals surface area contributed by atoms with E-state index in [2.05, 4.69) is 5.32 Å². The third-order valence-electron chi connectivity index (χ3n) is 2.39. The van der Waals surface area contributed by atoms with E-state index in [0.717, 1.165) is 0 Å². The molecule has 0 spiro atoms. The molecule has 0 aliphatic rings. The van der Waals surface area contributed by atoms with Gasteiger partial charge in [-0.3, -0.25) is 4.79 Å². The molecule has 0 aliphatic carbocycles. The Kier molecular flexibility index (Phi) is 8.71. The molecule has 7 heteroatoms. The summed E-state index contributed by atoms with van der Waals surface area (Å²) >= 11 is 5.81. The fourth-order valence-electron chi connectivity index (χ4n) is 1.42. The fourth-order valence-corrected chi connectivity index (χ4v) is 1.61. The number of carbonyl (C=O) groups is 1. The Hall–Kier alpha value is -0.850. The molecular weight excluding hydrogens is 291 g/mol. The molecule has 0 saturated carbocycles. The van der Waals surface area contributed by atoms with Gasteiger partial charge in [0.15, 0.2) is 0 Å². The molecule has 1 aromatic carbocycles. The van der Waals surface area contributed by atoms with Crippen LogP contribution in [0.3, 0.4) is 0 Å². The van der Waals surface area contributed by atoms with Crippen LogP contribution in [0, 0.1) is 0 Å². The van der Waals surface area contributed by atoms with Crippen molar-refractivity contribution in [2.24, 2.45) is 5.73 Å². The summed E-state index contributed by atoms with van der Waals surface area (Å²) in [5.74, 6) is -0.363. The number of aliphatic hydroxyl groups excluding tert-OH is 1. The number of carbonyl (C=O) groups excluding carboxylic acids is 1. The van der Waals surface area contributed by atoms with Gasteiger partial charge < -0.3 is 20.9 Å². The Balaban J connectivity index is 0.00000324. The average molecular weight is 309 g/mol. The fraction of sp³-hybridized carbons (Fsp3) is 0.417. The van der Waals surface area contributed by atoms with Gasteiger partial charge in [0.05, 0.1) is 12.7 Å². The molecule has 0 bridgehead atoms. The zero-order valence-corrected chi connectivity index (χ0v) is 12.1. The molecule has 2 atom stereocenters. The average Bonchev–Trinajstić information content (AvgIpc) is 2.35. The van der Waals surface area contributed by atoms with Gasteiger partial charge in [-0.05, 0) is 17.7 Å². The Morgan fingerprint density at radius 3 is 2.84 bits per heavy atom. The number of methoxy groups -OCH3 is 1. The number of hydrogen-bond donors (Lipinski definition) is 3. The van der Waals surface area contributed by atoms with Crippen LogP contribution in [0.5, 0.6) is 0 Å². The highest BCUT2D eigenvalue weighted by Crippen LogP contribution is 2.16. The number of ether oxygens (including phenoxy) is 1. The summed E-state index contributed by atoms with van der Waals surface area (Å²) in [6.45, 7) is 0.218. The largest absolute Gasteiger partial charge is 0.387 e. The van der Waals surface area contributed by atoms with Crippen LogP contribution in [0.4, 0.5) is 0 Å². The minimum Gasteiger partial charge on any atom is -0.387 e. The van der Waals surface area contributed by atoms with Gasteiger partial charge in [0.25, 0.3) is 0 Å². The number of halogens is 2. The zero-order chi connectivity index (χ0) is 13.5. The van der Waals surface area contributed by atoms with E-state index in [4.69, 9.17) is 22.1 Å². The van der Waals surface area contributed by atoms with Crippen molar-refractivity contribution in [3.05, 3.63) is 34.9 Å². The zero-order valence-electron chi connectivity index (χ0n) is 10.5. The molecule has 5 nitrogen and oxygen atoms in total. The van der Waals surface area contributed by atoms with E-state index in [-0.39, 0.29) is 31.5 Å². The van der Waals surface area contributed by atoms with E-state index < -0.39 is 12.1 Å².